The Morgan fingerprint density at radius 1 is 0.970 bits per heavy atom. The number of nitrogens with one attached hydrogen (secondary N) is 3. The third kappa shape index (κ3) is 8.00. The van der Waals surface area contributed by atoms with Crippen molar-refractivity contribution in [3.63, 3.8) is 0 Å². The SMILES string of the molecule is O=S(=O)(NCc1cccc(OC(F)(F)F)c1)c1ccc(NC(=S)NCc2ccncc2)cc1. The van der Waals surface area contributed by atoms with E-state index in [0.717, 1.165) is 17.7 Å². The monoisotopic (exact) mass is 496 g/mol. The van der Waals surface area contributed by atoms with Crippen LogP contribution in [-0.2, 0) is 23.1 Å². The molecule has 0 bridgehead atoms. The molecule has 0 aliphatic rings. The summed E-state index contributed by atoms with van der Waals surface area (Å²) in [7, 11) is -3.89. The van der Waals surface area contributed by atoms with Crippen LogP contribution >= 0.6 is 12.2 Å². The van der Waals surface area contributed by atoms with Crippen molar-refractivity contribution in [1.29, 1.82) is 0 Å². The fraction of sp³-hybridized carbons (Fsp3) is 0.143. The van der Waals surface area contributed by atoms with Gasteiger partial charge in [0, 0.05) is 31.2 Å². The Morgan fingerprint density at radius 3 is 2.33 bits per heavy atom. The number of hydrogen-bond donors (Lipinski definition) is 3. The molecule has 1 heterocycles. The second-order valence-corrected chi connectivity index (χ2v) is 8.88. The van der Waals surface area contributed by atoms with E-state index >= 15 is 0 Å². The quantitative estimate of drug-likeness (QED) is 0.407. The van der Waals surface area contributed by atoms with E-state index in [0.29, 0.717) is 22.9 Å². The highest BCUT2D eigenvalue weighted by Gasteiger charge is 2.31. The molecule has 0 aliphatic carbocycles. The lowest BCUT2D eigenvalue weighted by Crippen LogP contribution is -2.28. The van der Waals surface area contributed by atoms with Gasteiger partial charge < -0.3 is 15.4 Å². The Morgan fingerprint density at radius 2 is 1.67 bits per heavy atom. The summed E-state index contributed by atoms with van der Waals surface area (Å²) < 4.78 is 68.3. The van der Waals surface area contributed by atoms with Crippen molar-refractivity contribution in [3.8, 4) is 5.75 Å². The number of pyridine rings is 1. The Hall–Kier alpha value is -3.22. The lowest BCUT2D eigenvalue weighted by molar-refractivity contribution is -0.274. The lowest BCUT2D eigenvalue weighted by atomic mass is 10.2. The summed E-state index contributed by atoms with van der Waals surface area (Å²) in [6.07, 6.45) is -1.48. The summed E-state index contributed by atoms with van der Waals surface area (Å²) in [5.41, 5.74) is 1.89. The van der Waals surface area contributed by atoms with Gasteiger partial charge in [-0.25, -0.2) is 13.1 Å². The predicted molar refractivity (Wildman–Crippen MR) is 121 cm³/mol. The van der Waals surface area contributed by atoms with Crippen molar-refractivity contribution in [3.05, 3.63) is 84.2 Å². The van der Waals surface area contributed by atoms with Gasteiger partial charge in [-0.05, 0) is 71.9 Å². The van der Waals surface area contributed by atoms with Gasteiger partial charge in [0.1, 0.15) is 5.75 Å². The Balaban J connectivity index is 1.55. The van der Waals surface area contributed by atoms with Crippen LogP contribution in [0.4, 0.5) is 18.9 Å². The summed E-state index contributed by atoms with van der Waals surface area (Å²) in [5.74, 6) is -0.428. The second-order valence-electron chi connectivity index (χ2n) is 6.71. The van der Waals surface area contributed by atoms with Crippen LogP contribution in [0.5, 0.6) is 5.75 Å². The first-order chi connectivity index (χ1) is 15.6. The highest BCUT2D eigenvalue weighted by atomic mass is 32.2. The van der Waals surface area contributed by atoms with Gasteiger partial charge in [0.15, 0.2) is 5.11 Å². The van der Waals surface area contributed by atoms with Gasteiger partial charge in [0.2, 0.25) is 10.0 Å². The smallest absolute Gasteiger partial charge is 0.406 e. The average molecular weight is 497 g/mol. The minimum Gasteiger partial charge on any atom is -0.406 e. The number of sulfonamides is 1. The van der Waals surface area contributed by atoms with Crippen molar-refractivity contribution in [1.82, 2.24) is 15.0 Å². The van der Waals surface area contributed by atoms with Gasteiger partial charge in [-0.3, -0.25) is 4.98 Å². The number of halogens is 3. The van der Waals surface area contributed by atoms with Gasteiger partial charge in [0.05, 0.1) is 4.90 Å². The standard InChI is InChI=1S/C21H19F3N4O3S2/c22-21(23,24)31-18-3-1-2-16(12-18)14-27-33(29,30)19-6-4-17(5-7-19)28-20(32)26-13-15-8-10-25-11-9-15/h1-12,27H,13-14H2,(H2,26,28,32). The predicted octanol–water partition coefficient (Wildman–Crippen LogP) is 3.95. The van der Waals surface area contributed by atoms with Crippen LogP contribution in [-0.4, -0.2) is 24.9 Å². The zero-order valence-electron chi connectivity index (χ0n) is 17.0. The third-order valence-electron chi connectivity index (χ3n) is 4.22. The molecule has 0 spiro atoms. The van der Waals surface area contributed by atoms with Crippen LogP contribution in [0.3, 0.4) is 0 Å². The number of nitrogens with zero attached hydrogens (tertiary/aromatic N) is 1. The summed E-state index contributed by atoms with van der Waals surface area (Å²) in [6.45, 7) is 0.292. The average Bonchev–Trinajstić information content (AvgIpc) is 2.77. The van der Waals surface area contributed by atoms with E-state index in [1.54, 1.807) is 24.5 Å². The molecule has 0 saturated carbocycles. The molecule has 0 saturated heterocycles. The third-order valence-corrected chi connectivity index (χ3v) is 5.89. The normalized spacial score (nSPS) is 11.6. The van der Waals surface area contributed by atoms with Gasteiger partial charge in [-0.1, -0.05) is 12.1 Å². The molecule has 0 fully saturated rings. The Kier molecular flexibility index (Phi) is 7.84. The highest BCUT2D eigenvalue weighted by Crippen LogP contribution is 2.23. The molecule has 3 rings (SSSR count). The van der Waals surface area contributed by atoms with Crippen LogP contribution in [0, 0.1) is 0 Å². The first kappa shape index (κ1) is 24.4. The molecule has 1 aromatic heterocycles. The topological polar surface area (TPSA) is 92.4 Å². The molecule has 2 aromatic carbocycles. The number of ether oxygens (including phenoxy) is 1. The number of thiocarbonyl (C=S) groups is 1. The molecule has 33 heavy (non-hydrogen) atoms. The minimum absolute atomic E-state index is 0.00795. The molecule has 7 nitrogen and oxygen atoms in total. The van der Waals surface area contributed by atoms with Crippen molar-refractivity contribution in [2.45, 2.75) is 24.3 Å². The van der Waals surface area contributed by atoms with E-state index in [4.69, 9.17) is 12.2 Å². The molecule has 3 N–H and O–H groups in total. The summed E-state index contributed by atoms with van der Waals surface area (Å²) in [4.78, 5) is 3.93. The number of aromatic nitrogens is 1. The molecular weight excluding hydrogens is 477 g/mol. The zero-order chi connectivity index (χ0) is 23.9. The van der Waals surface area contributed by atoms with E-state index in [1.807, 2.05) is 12.1 Å². The number of alkyl halides is 3. The van der Waals surface area contributed by atoms with Crippen molar-refractivity contribution < 1.29 is 26.3 Å². The van der Waals surface area contributed by atoms with Crippen molar-refractivity contribution in [2.75, 3.05) is 5.32 Å². The first-order valence-electron chi connectivity index (χ1n) is 9.49. The van der Waals surface area contributed by atoms with Gasteiger partial charge in [-0.15, -0.1) is 13.2 Å². The maximum atomic E-state index is 12.5. The molecule has 0 unspecified atom stereocenters. The second kappa shape index (κ2) is 10.6. The lowest BCUT2D eigenvalue weighted by Gasteiger charge is -2.12. The maximum absolute atomic E-state index is 12.5. The summed E-state index contributed by atoms with van der Waals surface area (Å²) in [6, 6.07) is 14.6. The van der Waals surface area contributed by atoms with Crippen LogP contribution in [0.15, 0.2) is 78.0 Å². The highest BCUT2D eigenvalue weighted by molar-refractivity contribution is 7.89. The number of hydrogen-bond acceptors (Lipinski definition) is 5. The molecular formula is C21H19F3N4O3S2. The van der Waals surface area contributed by atoms with Crippen LogP contribution in [0.1, 0.15) is 11.1 Å². The molecule has 3 aromatic rings. The molecule has 0 atom stereocenters. The molecule has 0 radical (unpaired) electrons. The zero-order valence-corrected chi connectivity index (χ0v) is 18.6. The van der Waals surface area contributed by atoms with Crippen molar-refractivity contribution in [2.24, 2.45) is 0 Å². The number of anilines is 1. The van der Waals surface area contributed by atoms with E-state index in [-0.39, 0.29) is 11.4 Å². The van der Waals surface area contributed by atoms with Crippen molar-refractivity contribution >= 4 is 33.0 Å². The van der Waals surface area contributed by atoms with Gasteiger partial charge in [0.25, 0.3) is 0 Å². The molecule has 12 heteroatoms. The van der Waals surface area contributed by atoms with E-state index in [9.17, 15) is 21.6 Å². The Bertz CT molecular complexity index is 1190. The minimum atomic E-state index is -4.83. The van der Waals surface area contributed by atoms with Crippen LogP contribution in [0.2, 0.25) is 0 Å². The maximum Gasteiger partial charge on any atom is 0.573 e. The van der Waals surface area contributed by atoms with E-state index in [2.05, 4.69) is 25.1 Å². The summed E-state index contributed by atoms with van der Waals surface area (Å²) >= 11 is 5.23. The fourth-order valence-electron chi connectivity index (χ4n) is 2.69. The fourth-order valence-corrected chi connectivity index (χ4v) is 3.90. The molecule has 0 amide bonds. The number of benzene rings is 2. The van der Waals surface area contributed by atoms with E-state index < -0.39 is 22.1 Å². The van der Waals surface area contributed by atoms with E-state index in [1.165, 1.54) is 24.3 Å². The first-order valence-corrected chi connectivity index (χ1v) is 11.4. The van der Waals surface area contributed by atoms with Crippen LogP contribution < -0.4 is 20.1 Å². The van der Waals surface area contributed by atoms with Gasteiger partial charge in [-0.2, -0.15) is 0 Å². The molecule has 174 valence electrons. The number of rotatable bonds is 8. The van der Waals surface area contributed by atoms with Crippen LogP contribution in [0.25, 0.3) is 0 Å². The van der Waals surface area contributed by atoms with Gasteiger partial charge >= 0.3 is 6.36 Å². The largest absolute Gasteiger partial charge is 0.573 e. The molecule has 0 aliphatic heterocycles. The Labute approximate surface area is 194 Å². The summed E-state index contributed by atoms with van der Waals surface area (Å²) in [5, 5.41) is 6.35.